The van der Waals surface area contributed by atoms with Crippen LogP contribution in [0.15, 0.2) is 42.0 Å². The first-order valence-electron chi connectivity index (χ1n) is 7.23. The average Bonchev–Trinajstić information content (AvgIpc) is 2.43. The lowest BCUT2D eigenvalue weighted by molar-refractivity contribution is -0.183. The molecule has 0 spiro atoms. The highest BCUT2D eigenvalue weighted by atomic mass is 19.1. The fraction of sp³-hybridized carbons (Fsp3) is 0.529. The Hall–Kier alpha value is -1.19. The summed E-state index contributed by atoms with van der Waals surface area (Å²) in [6.45, 7) is 3.52. The topological polar surface area (TPSA) is 29.5 Å². The van der Waals surface area contributed by atoms with E-state index in [0.29, 0.717) is 12.8 Å². The quantitative estimate of drug-likeness (QED) is 0.795. The molecule has 1 aromatic carbocycles. The highest BCUT2D eigenvalue weighted by molar-refractivity contribution is 5.22. The van der Waals surface area contributed by atoms with Crippen molar-refractivity contribution in [2.45, 2.75) is 50.7 Å². The van der Waals surface area contributed by atoms with E-state index < -0.39 is 17.9 Å². The van der Waals surface area contributed by atoms with E-state index in [1.54, 1.807) is 6.92 Å². The van der Waals surface area contributed by atoms with E-state index >= 15 is 4.39 Å². The second kappa shape index (κ2) is 4.97. The Morgan fingerprint density at radius 2 is 2.00 bits per heavy atom. The number of alkyl halides is 1. The zero-order chi connectivity index (χ0) is 14.3. The molecule has 3 heteroatoms. The molecular formula is C17H21FO2. The average molecular weight is 276 g/mol. The SMILES string of the molecule is CC1=CC[C@@H]2[C@@H](OC(c3ccccc3)CC2(C)F)[C@@H]1O. The smallest absolute Gasteiger partial charge is 0.116 e. The highest BCUT2D eigenvalue weighted by Gasteiger charge is 2.50. The van der Waals surface area contributed by atoms with Crippen molar-refractivity contribution in [3.05, 3.63) is 47.5 Å². The second-order valence-electron chi connectivity index (χ2n) is 6.22. The Morgan fingerprint density at radius 1 is 1.30 bits per heavy atom. The normalized spacial score (nSPS) is 40.9. The van der Waals surface area contributed by atoms with Crippen LogP contribution in [0.25, 0.3) is 0 Å². The number of halogens is 1. The van der Waals surface area contributed by atoms with Crippen LogP contribution >= 0.6 is 0 Å². The molecule has 1 heterocycles. The molecular weight excluding hydrogens is 255 g/mol. The molecule has 0 bridgehead atoms. The molecule has 2 unspecified atom stereocenters. The van der Waals surface area contributed by atoms with E-state index in [2.05, 4.69) is 0 Å². The van der Waals surface area contributed by atoms with Gasteiger partial charge in [0.25, 0.3) is 0 Å². The van der Waals surface area contributed by atoms with Crippen molar-refractivity contribution in [2.75, 3.05) is 0 Å². The molecule has 1 aliphatic carbocycles. The molecule has 1 aliphatic heterocycles. The monoisotopic (exact) mass is 276 g/mol. The summed E-state index contributed by atoms with van der Waals surface area (Å²) in [7, 11) is 0. The van der Waals surface area contributed by atoms with Gasteiger partial charge in [0.1, 0.15) is 11.8 Å². The molecule has 0 saturated carbocycles. The molecule has 5 atom stereocenters. The first-order chi connectivity index (χ1) is 9.49. The maximum absolute atomic E-state index is 15.0. The van der Waals surface area contributed by atoms with E-state index in [0.717, 1.165) is 11.1 Å². The standard InChI is InChI=1S/C17H21FO2/c1-11-8-9-13-16(15(11)19)20-14(10-17(13,2)18)12-6-4-3-5-7-12/h3-8,13-16,19H,9-10H2,1-2H3/t13-,14?,15-,16-,17?/m1/s1. The Balaban J connectivity index is 1.91. The fourth-order valence-corrected chi connectivity index (χ4v) is 3.42. The molecule has 3 rings (SSSR count). The predicted octanol–water partition coefficient (Wildman–Crippen LogP) is 3.57. The van der Waals surface area contributed by atoms with Gasteiger partial charge in [-0.05, 0) is 31.4 Å². The maximum Gasteiger partial charge on any atom is 0.116 e. The number of benzene rings is 1. The summed E-state index contributed by atoms with van der Waals surface area (Å²) in [4.78, 5) is 0. The molecule has 0 radical (unpaired) electrons. The van der Waals surface area contributed by atoms with Gasteiger partial charge in [-0.1, -0.05) is 36.4 Å². The summed E-state index contributed by atoms with van der Waals surface area (Å²) in [5.74, 6) is -0.263. The first kappa shape index (κ1) is 13.8. The number of ether oxygens (including phenoxy) is 1. The Labute approximate surface area is 119 Å². The van der Waals surface area contributed by atoms with Gasteiger partial charge >= 0.3 is 0 Å². The van der Waals surface area contributed by atoms with Gasteiger partial charge in [0.15, 0.2) is 0 Å². The number of allylic oxidation sites excluding steroid dienone is 1. The van der Waals surface area contributed by atoms with Crippen LogP contribution < -0.4 is 0 Å². The Kier molecular flexibility index (Phi) is 3.43. The second-order valence-corrected chi connectivity index (χ2v) is 6.22. The minimum atomic E-state index is -1.32. The van der Waals surface area contributed by atoms with Crippen molar-refractivity contribution >= 4 is 0 Å². The minimum Gasteiger partial charge on any atom is -0.386 e. The van der Waals surface area contributed by atoms with Gasteiger partial charge in [-0.3, -0.25) is 0 Å². The van der Waals surface area contributed by atoms with E-state index in [4.69, 9.17) is 4.74 Å². The van der Waals surface area contributed by atoms with Gasteiger partial charge in [-0.15, -0.1) is 0 Å². The zero-order valence-corrected chi connectivity index (χ0v) is 11.9. The third kappa shape index (κ3) is 2.29. The van der Waals surface area contributed by atoms with Crippen LogP contribution in [0.3, 0.4) is 0 Å². The number of rotatable bonds is 1. The molecule has 0 amide bonds. The molecule has 108 valence electrons. The zero-order valence-electron chi connectivity index (χ0n) is 11.9. The minimum absolute atomic E-state index is 0.263. The molecule has 1 N–H and O–H groups in total. The van der Waals surface area contributed by atoms with Crippen molar-refractivity contribution in [1.29, 1.82) is 0 Å². The van der Waals surface area contributed by atoms with Crippen molar-refractivity contribution < 1.29 is 14.2 Å². The summed E-state index contributed by atoms with van der Waals surface area (Å²) in [6.07, 6.45) is 1.49. The molecule has 2 aliphatic rings. The lowest BCUT2D eigenvalue weighted by Gasteiger charge is -2.48. The number of hydrogen-bond donors (Lipinski definition) is 1. The highest BCUT2D eigenvalue weighted by Crippen LogP contribution is 2.48. The van der Waals surface area contributed by atoms with Crippen molar-refractivity contribution in [3.63, 3.8) is 0 Å². The number of hydrogen-bond acceptors (Lipinski definition) is 2. The third-order valence-electron chi connectivity index (χ3n) is 4.72. The van der Waals surface area contributed by atoms with Crippen LogP contribution in [0.2, 0.25) is 0 Å². The first-order valence-corrected chi connectivity index (χ1v) is 7.23. The predicted molar refractivity (Wildman–Crippen MR) is 76.1 cm³/mol. The largest absolute Gasteiger partial charge is 0.386 e. The third-order valence-corrected chi connectivity index (χ3v) is 4.72. The molecule has 2 nitrogen and oxygen atoms in total. The van der Waals surface area contributed by atoms with Crippen LogP contribution in [0.1, 0.15) is 38.4 Å². The molecule has 20 heavy (non-hydrogen) atoms. The maximum atomic E-state index is 15.0. The van der Waals surface area contributed by atoms with Crippen LogP contribution in [-0.4, -0.2) is 23.0 Å². The van der Waals surface area contributed by atoms with Crippen molar-refractivity contribution in [2.24, 2.45) is 5.92 Å². The Bertz CT molecular complexity index is 509. The lowest BCUT2D eigenvalue weighted by atomic mass is 9.71. The van der Waals surface area contributed by atoms with Crippen LogP contribution in [0.4, 0.5) is 4.39 Å². The molecule has 1 fully saturated rings. The van der Waals surface area contributed by atoms with E-state index in [1.165, 1.54) is 0 Å². The molecule has 1 saturated heterocycles. The van der Waals surface area contributed by atoms with Crippen molar-refractivity contribution in [1.82, 2.24) is 0 Å². The number of aliphatic hydroxyl groups is 1. The van der Waals surface area contributed by atoms with E-state index in [9.17, 15) is 5.11 Å². The van der Waals surface area contributed by atoms with Gasteiger partial charge < -0.3 is 9.84 Å². The lowest BCUT2D eigenvalue weighted by Crippen LogP contribution is -2.53. The Morgan fingerprint density at radius 3 is 2.70 bits per heavy atom. The fourth-order valence-electron chi connectivity index (χ4n) is 3.42. The summed E-state index contributed by atoms with van der Waals surface area (Å²) < 4.78 is 21.1. The number of aliphatic hydroxyl groups excluding tert-OH is 1. The summed E-state index contributed by atoms with van der Waals surface area (Å²) in [6, 6.07) is 9.72. The van der Waals surface area contributed by atoms with Gasteiger partial charge in [0.05, 0.1) is 12.2 Å². The summed E-state index contributed by atoms with van der Waals surface area (Å²) >= 11 is 0. The summed E-state index contributed by atoms with van der Waals surface area (Å²) in [5, 5.41) is 10.3. The van der Waals surface area contributed by atoms with Crippen LogP contribution in [0.5, 0.6) is 0 Å². The number of fused-ring (bicyclic) bond motifs is 1. The molecule has 1 aromatic rings. The van der Waals surface area contributed by atoms with E-state index in [-0.39, 0.29) is 12.0 Å². The van der Waals surface area contributed by atoms with Gasteiger partial charge in [0, 0.05) is 12.3 Å². The van der Waals surface area contributed by atoms with Gasteiger partial charge in [-0.25, -0.2) is 4.39 Å². The van der Waals surface area contributed by atoms with Crippen LogP contribution in [-0.2, 0) is 4.74 Å². The van der Waals surface area contributed by atoms with Crippen molar-refractivity contribution in [3.8, 4) is 0 Å². The molecule has 0 aromatic heterocycles. The van der Waals surface area contributed by atoms with Gasteiger partial charge in [-0.2, -0.15) is 0 Å². The van der Waals surface area contributed by atoms with Crippen LogP contribution in [0, 0.1) is 5.92 Å². The summed E-state index contributed by atoms with van der Waals surface area (Å²) in [5.41, 5.74) is 0.548. The van der Waals surface area contributed by atoms with Gasteiger partial charge in [0.2, 0.25) is 0 Å². The van der Waals surface area contributed by atoms with E-state index in [1.807, 2.05) is 43.3 Å².